The van der Waals surface area contributed by atoms with Crippen LogP contribution in [0, 0.1) is 11.8 Å². The van der Waals surface area contributed by atoms with E-state index in [1.54, 1.807) is 0 Å². The number of carbonyl (C=O) groups excluding carboxylic acids is 1. The standard InChI is InChI=1S/C16H22N2O2/c1-10(2)9-20-12-3-4-13-14(5-12)16(19)18-7-11-6-17-8-15(11)13/h3-5,10-11,15,17H,6-9H2,1-2H3,(H,18,19)/t11-,15+/m1/s1. The number of carbonyl (C=O) groups is 1. The second kappa shape index (κ2) is 5.44. The molecule has 2 aliphatic rings. The molecule has 108 valence electrons. The van der Waals surface area contributed by atoms with Crippen LogP contribution in [-0.2, 0) is 0 Å². The molecule has 0 aliphatic carbocycles. The van der Waals surface area contributed by atoms with E-state index in [1.165, 1.54) is 0 Å². The van der Waals surface area contributed by atoms with Gasteiger partial charge in [-0.05, 0) is 29.5 Å². The van der Waals surface area contributed by atoms with E-state index in [9.17, 15) is 4.79 Å². The van der Waals surface area contributed by atoms with Crippen molar-refractivity contribution in [1.82, 2.24) is 10.6 Å². The predicted molar refractivity (Wildman–Crippen MR) is 78.2 cm³/mol. The predicted octanol–water partition coefficient (Wildman–Crippen LogP) is 1.77. The van der Waals surface area contributed by atoms with Crippen LogP contribution in [0.2, 0.25) is 0 Å². The first-order chi connectivity index (χ1) is 9.65. The van der Waals surface area contributed by atoms with Gasteiger partial charge in [0, 0.05) is 31.1 Å². The number of benzene rings is 1. The summed E-state index contributed by atoms with van der Waals surface area (Å²) in [6.07, 6.45) is 0. The molecule has 1 amide bonds. The van der Waals surface area contributed by atoms with Gasteiger partial charge in [0.15, 0.2) is 0 Å². The minimum Gasteiger partial charge on any atom is -0.493 e. The molecule has 1 fully saturated rings. The molecule has 0 saturated carbocycles. The summed E-state index contributed by atoms with van der Waals surface area (Å²) in [4.78, 5) is 12.2. The van der Waals surface area contributed by atoms with Crippen LogP contribution >= 0.6 is 0 Å². The molecular formula is C16H22N2O2. The third-order valence-electron chi connectivity index (χ3n) is 4.12. The highest BCUT2D eigenvalue weighted by molar-refractivity contribution is 5.96. The number of nitrogens with one attached hydrogen (secondary N) is 2. The van der Waals surface area contributed by atoms with Gasteiger partial charge >= 0.3 is 0 Å². The van der Waals surface area contributed by atoms with Crippen molar-refractivity contribution in [3.8, 4) is 5.75 Å². The lowest BCUT2D eigenvalue weighted by Crippen LogP contribution is -2.28. The Labute approximate surface area is 119 Å². The first-order valence-electron chi connectivity index (χ1n) is 7.41. The molecule has 1 saturated heterocycles. The SMILES string of the molecule is CC(C)COc1ccc2c(c1)C(=O)NC[C@H]1CNC[C@H]21. The highest BCUT2D eigenvalue weighted by atomic mass is 16.5. The van der Waals surface area contributed by atoms with Gasteiger partial charge in [0.25, 0.3) is 5.91 Å². The average molecular weight is 274 g/mol. The molecule has 2 N–H and O–H groups in total. The van der Waals surface area contributed by atoms with Crippen LogP contribution in [0.15, 0.2) is 18.2 Å². The number of amides is 1. The average Bonchev–Trinajstić information content (AvgIpc) is 2.86. The zero-order valence-corrected chi connectivity index (χ0v) is 12.1. The molecule has 0 aromatic heterocycles. The second-order valence-electron chi connectivity index (χ2n) is 6.19. The van der Waals surface area contributed by atoms with Crippen molar-refractivity contribution in [1.29, 1.82) is 0 Å². The fourth-order valence-corrected chi connectivity index (χ4v) is 3.04. The highest BCUT2D eigenvalue weighted by Gasteiger charge is 2.34. The van der Waals surface area contributed by atoms with Gasteiger partial charge in [0.2, 0.25) is 0 Å². The smallest absolute Gasteiger partial charge is 0.251 e. The van der Waals surface area contributed by atoms with Crippen molar-refractivity contribution in [3.05, 3.63) is 29.3 Å². The molecule has 0 radical (unpaired) electrons. The van der Waals surface area contributed by atoms with Gasteiger partial charge in [-0.3, -0.25) is 4.79 Å². The lowest BCUT2D eigenvalue weighted by Gasteiger charge is -2.17. The van der Waals surface area contributed by atoms with Gasteiger partial charge in [0.1, 0.15) is 5.75 Å². The van der Waals surface area contributed by atoms with Crippen LogP contribution in [0.5, 0.6) is 5.75 Å². The number of fused-ring (bicyclic) bond motifs is 3. The quantitative estimate of drug-likeness (QED) is 0.883. The summed E-state index contributed by atoms with van der Waals surface area (Å²) in [5, 5.41) is 6.45. The lowest BCUT2D eigenvalue weighted by atomic mass is 9.87. The topological polar surface area (TPSA) is 50.4 Å². The van der Waals surface area contributed by atoms with E-state index in [0.29, 0.717) is 24.4 Å². The molecule has 3 rings (SSSR count). The molecule has 0 bridgehead atoms. The van der Waals surface area contributed by atoms with Crippen LogP contribution in [0.3, 0.4) is 0 Å². The Morgan fingerprint density at radius 3 is 2.95 bits per heavy atom. The summed E-state index contributed by atoms with van der Waals surface area (Å²) in [5.74, 6) is 2.23. The Morgan fingerprint density at radius 2 is 2.15 bits per heavy atom. The maximum absolute atomic E-state index is 12.2. The van der Waals surface area contributed by atoms with E-state index in [1.807, 2.05) is 12.1 Å². The summed E-state index contributed by atoms with van der Waals surface area (Å²) in [6.45, 7) is 7.60. The molecule has 2 heterocycles. The third-order valence-corrected chi connectivity index (χ3v) is 4.12. The van der Waals surface area contributed by atoms with Crippen molar-refractivity contribution < 1.29 is 9.53 Å². The number of ether oxygens (including phenoxy) is 1. The minimum absolute atomic E-state index is 0.0318. The number of hydrogen-bond donors (Lipinski definition) is 2. The van der Waals surface area contributed by atoms with Crippen molar-refractivity contribution in [2.75, 3.05) is 26.2 Å². The number of hydrogen-bond acceptors (Lipinski definition) is 3. The van der Waals surface area contributed by atoms with Crippen molar-refractivity contribution in [2.24, 2.45) is 11.8 Å². The molecule has 1 aromatic rings. The largest absolute Gasteiger partial charge is 0.493 e. The van der Waals surface area contributed by atoms with Gasteiger partial charge in [0.05, 0.1) is 6.61 Å². The zero-order valence-electron chi connectivity index (χ0n) is 12.1. The molecule has 2 atom stereocenters. The first kappa shape index (κ1) is 13.4. The summed E-state index contributed by atoms with van der Waals surface area (Å²) >= 11 is 0. The molecule has 4 nitrogen and oxygen atoms in total. The minimum atomic E-state index is 0.0318. The fraction of sp³-hybridized carbons (Fsp3) is 0.562. The molecule has 4 heteroatoms. The van der Waals surface area contributed by atoms with Gasteiger partial charge in [-0.15, -0.1) is 0 Å². The first-order valence-corrected chi connectivity index (χ1v) is 7.41. The molecule has 0 spiro atoms. The Balaban J connectivity index is 1.90. The maximum atomic E-state index is 12.2. The van der Waals surface area contributed by atoms with Crippen molar-refractivity contribution in [2.45, 2.75) is 19.8 Å². The van der Waals surface area contributed by atoms with E-state index in [-0.39, 0.29) is 5.91 Å². The Hall–Kier alpha value is -1.55. The summed E-state index contributed by atoms with van der Waals surface area (Å²) in [5.41, 5.74) is 1.94. The van der Waals surface area contributed by atoms with E-state index in [0.717, 1.165) is 36.5 Å². The van der Waals surface area contributed by atoms with Crippen molar-refractivity contribution in [3.63, 3.8) is 0 Å². The Bertz CT molecular complexity index is 513. The van der Waals surface area contributed by atoms with E-state index in [2.05, 4.69) is 30.5 Å². The number of rotatable bonds is 3. The lowest BCUT2D eigenvalue weighted by molar-refractivity contribution is 0.0952. The van der Waals surface area contributed by atoms with Crippen LogP contribution in [-0.4, -0.2) is 32.1 Å². The van der Waals surface area contributed by atoms with Gasteiger partial charge in [-0.2, -0.15) is 0 Å². The monoisotopic (exact) mass is 274 g/mol. The summed E-state index contributed by atoms with van der Waals surface area (Å²) < 4.78 is 5.74. The van der Waals surface area contributed by atoms with Crippen molar-refractivity contribution >= 4 is 5.91 Å². The van der Waals surface area contributed by atoms with Gasteiger partial charge < -0.3 is 15.4 Å². The van der Waals surface area contributed by atoms with E-state index in [4.69, 9.17) is 4.74 Å². The van der Waals surface area contributed by atoms with E-state index >= 15 is 0 Å². The van der Waals surface area contributed by atoms with Crippen LogP contribution in [0.4, 0.5) is 0 Å². The molecule has 2 aliphatic heterocycles. The van der Waals surface area contributed by atoms with Crippen LogP contribution < -0.4 is 15.4 Å². The summed E-state index contributed by atoms with van der Waals surface area (Å²) in [7, 11) is 0. The van der Waals surface area contributed by atoms with Gasteiger partial charge in [-0.1, -0.05) is 19.9 Å². The molecular weight excluding hydrogens is 252 g/mol. The summed E-state index contributed by atoms with van der Waals surface area (Å²) in [6, 6.07) is 5.96. The Morgan fingerprint density at radius 1 is 1.30 bits per heavy atom. The Kier molecular flexibility index (Phi) is 3.66. The molecule has 1 aromatic carbocycles. The maximum Gasteiger partial charge on any atom is 0.251 e. The van der Waals surface area contributed by atoms with E-state index < -0.39 is 0 Å². The highest BCUT2D eigenvalue weighted by Crippen LogP contribution is 2.34. The molecule has 0 unspecified atom stereocenters. The third kappa shape index (κ3) is 2.52. The van der Waals surface area contributed by atoms with Gasteiger partial charge in [-0.25, -0.2) is 0 Å². The van der Waals surface area contributed by atoms with Crippen LogP contribution in [0.25, 0.3) is 0 Å². The fourth-order valence-electron chi connectivity index (χ4n) is 3.04. The molecule has 20 heavy (non-hydrogen) atoms. The second-order valence-corrected chi connectivity index (χ2v) is 6.19. The zero-order chi connectivity index (χ0) is 14.1. The van der Waals surface area contributed by atoms with Crippen LogP contribution in [0.1, 0.15) is 35.7 Å². The normalized spacial score (nSPS) is 24.9.